The van der Waals surface area contributed by atoms with Crippen molar-refractivity contribution in [2.45, 2.75) is 33.2 Å². The summed E-state index contributed by atoms with van der Waals surface area (Å²) in [5, 5.41) is 3.61. The second-order valence-electron chi connectivity index (χ2n) is 8.34. The van der Waals surface area contributed by atoms with Crippen LogP contribution < -0.4 is 5.32 Å². The first-order chi connectivity index (χ1) is 14.9. The third-order valence-corrected chi connectivity index (χ3v) is 6.03. The Balaban J connectivity index is 1.34. The average Bonchev–Trinajstić information content (AvgIpc) is 3.14. The van der Waals surface area contributed by atoms with Gasteiger partial charge in [0.2, 0.25) is 0 Å². The summed E-state index contributed by atoms with van der Waals surface area (Å²) in [5.74, 6) is 1.41. The van der Waals surface area contributed by atoms with Gasteiger partial charge in [-0.25, -0.2) is 14.8 Å². The Hall–Kier alpha value is -2.64. The SMILES string of the molecule is Cc1ccc(Cl)cc1NC(=O)N1CCN(CCn2c(C(C)C)nc3cccnc32)CC1. The summed E-state index contributed by atoms with van der Waals surface area (Å²) in [6.07, 6.45) is 1.82. The van der Waals surface area contributed by atoms with Crippen molar-refractivity contribution in [2.75, 3.05) is 38.0 Å². The first kappa shape index (κ1) is 21.6. The van der Waals surface area contributed by atoms with E-state index in [0.717, 1.165) is 54.4 Å². The number of halogens is 1. The van der Waals surface area contributed by atoms with Crippen molar-refractivity contribution >= 4 is 34.5 Å². The highest BCUT2D eigenvalue weighted by Gasteiger charge is 2.22. The summed E-state index contributed by atoms with van der Waals surface area (Å²) in [4.78, 5) is 26.3. The number of hydrogen-bond donors (Lipinski definition) is 1. The molecule has 1 saturated heterocycles. The van der Waals surface area contributed by atoms with Gasteiger partial charge < -0.3 is 14.8 Å². The smallest absolute Gasteiger partial charge is 0.321 e. The molecular formula is C23H29ClN6O. The predicted molar refractivity (Wildman–Crippen MR) is 125 cm³/mol. The molecule has 1 aliphatic heterocycles. The molecule has 1 aliphatic rings. The van der Waals surface area contributed by atoms with E-state index in [9.17, 15) is 4.79 Å². The van der Waals surface area contributed by atoms with Gasteiger partial charge in [-0.3, -0.25) is 4.90 Å². The van der Waals surface area contributed by atoms with Gasteiger partial charge in [0.15, 0.2) is 5.65 Å². The number of piperazine rings is 1. The van der Waals surface area contributed by atoms with Crippen LogP contribution in [-0.4, -0.2) is 63.1 Å². The van der Waals surface area contributed by atoms with Gasteiger partial charge in [-0.15, -0.1) is 0 Å². The molecule has 0 aliphatic carbocycles. The highest BCUT2D eigenvalue weighted by molar-refractivity contribution is 6.31. The Morgan fingerprint density at radius 3 is 2.68 bits per heavy atom. The number of fused-ring (bicyclic) bond motifs is 1. The molecule has 2 amide bonds. The number of urea groups is 1. The zero-order valence-electron chi connectivity index (χ0n) is 18.3. The number of amides is 2. The van der Waals surface area contributed by atoms with Gasteiger partial charge in [-0.2, -0.15) is 0 Å². The lowest BCUT2D eigenvalue weighted by Gasteiger charge is -2.35. The fourth-order valence-corrected chi connectivity index (χ4v) is 4.15. The molecule has 7 nitrogen and oxygen atoms in total. The molecule has 0 radical (unpaired) electrons. The van der Waals surface area contributed by atoms with Crippen molar-refractivity contribution in [2.24, 2.45) is 0 Å². The lowest BCUT2D eigenvalue weighted by molar-refractivity contribution is 0.144. The molecule has 4 rings (SSSR count). The number of nitrogens with zero attached hydrogens (tertiary/aromatic N) is 5. The van der Waals surface area contributed by atoms with Gasteiger partial charge in [0.05, 0.1) is 0 Å². The Bertz CT molecular complexity index is 1070. The van der Waals surface area contributed by atoms with Crippen LogP contribution in [0, 0.1) is 6.92 Å². The summed E-state index contributed by atoms with van der Waals surface area (Å²) < 4.78 is 2.24. The molecule has 3 heterocycles. The zero-order chi connectivity index (χ0) is 22.0. The van der Waals surface area contributed by atoms with Crippen LogP contribution in [0.3, 0.4) is 0 Å². The van der Waals surface area contributed by atoms with E-state index in [-0.39, 0.29) is 6.03 Å². The average molecular weight is 441 g/mol. The minimum atomic E-state index is -0.0723. The van der Waals surface area contributed by atoms with E-state index in [2.05, 4.69) is 33.6 Å². The fraction of sp³-hybridized carbons (Fsp3) is 0.435. The number of carbonyl (C=O) groups is 1. The number of aryl methyl sites for hydroxylation is 1. The summed E-state index contributed by atoms with van der Waals surface area (Å²) >= 11 is 6.07. The standard InChI is InChI=1S/C23H29ClN6O/c1-16(2)21-26-19-5-4-8-25-22(19)30(21)14-11-28-9-12-29(13-10-28)23(31)27-20-15-18(24)7-6-17(20)3/h4-8,15-16H,9-14H2,1-3H3,(H,27,31). The monoisotopic (exact) mass is 440 g/mol. The fourth-order valence-electron chi connectivity index (χ4n) is 3.98. The quantitative estimate of drug-likeness (QED) is 0.639. The van der Waals surface area contributed by atoms with Gasteiger partial charge in [0, 0.05) is 62.1 Å². The highest BCUT2D eigenvalue weighted by Crippen LogP contribution is 2.22. The largest absolute Gasteiger partial charge is 0.322 e. The Labute approximate surface area is 188 Å². The van der Waals surface area contributed by atoms with Crippen LogP contribution in [0.2, 0.25) is 5.02 Å². The van der Waals surface area contributed by atoms with Crippen LogP contribution in [0.5, 0.6) is 0 Å². The summed E-state index contributed by atoms with van der Waals surface area (Å²) in [6, 6.07) is 9.41. The van der Waals surface area contributed by atoms with E-state index in [1.54, 1.807) is 6.07 Å². The number of rotatable bonds is 5. The van der Waals surface area contributed by atoms with E-state index in [0.29, 0.717) is 24.0 Å². The zero-order valence-corrected chi connectivity index (χ0v) is 19.1. The van der Waals surface area contributed by atoms with Crippen molar-refractivity contribution < 1.29 is 4.79 Å². The maximum atomic E-state index is 12.7. The minimum Gasteiger partial charge on any atom is -0.322 e. The Kier molecular flexibility index (Phi) is 6.43. The lowest BCUT2D eigenvalue weighted by atomic mass is 10.2. The third kappa shape index (κ3) is 4.83. The highest BCUT2D eigenvalue weighted by atomic mass is 35.5. The summed E-state index contributed by atoms with van der Waals surface area (Å²) in [5.41, 5.74) is 3.66. The van der Waals surface area contributed by atoms with Crippen molar-refractivity contribution in [3.8, 4) is 0 Å². The molecular weight excluding hydrogens is 412 g/mol. The molecule has 1 fully saturated rings. The number of hydrogen-bond acceptors (Lipinski definition) is 4. The van der Waals surface area contributed by atoms with Gasteiger partial charge in [0.25, 0.3) is 0 Å². The molecule has 8 heteroatoms. The second kappa shape index (κ2) is 9.24. The molecule has 1 N–H and O–H groups in total. The summed E-state index contributed by atoms with van der Waals surface area (Å²) in [7, 11) is 0. The lowest BCUT2D eigenvalue weighted by Crippen LogP contribution is -2.50. The molecule has 31 heavy (non-hydrogen) atoms. The third-order valence-electron chi connectivity index (χ3n) is 5.79. The number of aromatic nitrogens is 3. The van der Waals surface area contributed by atoms with Crippen molar-refractivity contribution in [3.05, 3.63) is 52.9 Å². The van der Waals surface area contributed by atoms with Crippen LogP contribution in [0.15, 0.2) is 36.5 Å². The van der Waals surface area contributed by atoms with Gasteiger partial charge >= 0.3 is 6.03 Å². The van der Waals surface area contributed by atoms with Crippen LogP contribution >= 0.6 is 11.6 Å². The molecule has 0 saturated carbocycles. The topological polar surface area (TPSA) is 66.3 Å². The van der Waals surface area contributed by atoms with Crippen LogP contribution in [0.1, 0.15) is 31.2 Å². The normalized spacial score (nSPS) is 15.1. The second-order valence-corrected chi connectivity index (χ2v) is 8.78. The summed E-state index contributed by atoms with van der Waals surface area (Å²) in [6.45, 7) is 11.1. The molecule has 0 unspecified atom stereocenters. The number of nitrogens with one attached hydrogen (secondary N) is 1. The number of anilines is 1. The van der Waals surface area contributed by atoms with E-state index < -0.39 is 0 Å². The van der Waals surface area contributed by atoms with Crippen molar-refractivity contribution in [3.63, 3.8) is 0 Å². The number of carbonyl (C=O) groups excluding carboxylic acids is 1. The number of benzene rings is 1. The minimum absolute atomic E-state index is 0.0723. The van der Waals surface area contributed by atoms with E-state index in [1.165, 1.54) is 0 Å². The molecule has 0 spiro atoms. The number of imidazole rings is 1. The molecule has 3 aromatic rings. The maximum Gasteiger partial charge on any atom is 0.321 e. The molecule has 1 aromatic carbocycles. The molecule has 0 atom stereocenters. The van der Waals surface area contributed by atoms with E-state index in [4.69, 9.17) is 16.6 Å². The Morgan fingerprint density at radius 1 is 1.16 bits per heavy atom. The van der Waals surface area contributed by atoms with E-state index in [1.807, 2.05) is 42.3 Å². The van der Waals surface area contributed by atoms with Gasteiger partial charge in [-0.1, -0.05) is 31.5 Å². The molecule has 2 aromatic heterocycles. The van der Waals surface area contributed by atoms with Gasteiger partial charge in [-0.05, 0) is 36.8 Å². The van der Waals surface area contributed by atoms with E-state index >= 15 is 0 Å². The maximum absolute atomic E-state index is 12.7. The first-order valence-corrected chi connectivity index (χ1v) is 11.2. The Morgan fingerprint density at radius 2 is 1.94 bits per heavy atom. The molecule has 0 bridgehead atoms. The first-order valence-electron chi connectivity index (χ1n) is 10.8. The van der Waals surface area contributed by atoms with Crippen molar-refractivity contribution in [1.29, 1.82) is 0 Å². The number of pyridine rings is 1. The van der Waals surface area contributed by atoms with Gasteiger partial charge in [0.1, 0.15) is 11.3 Å². The molecule has 164 valence electrons. The van der Waals surface area contributed by atoms with Crippen LogP contribution in [0.25, 0.3) is 11.2 Å². The van der Waals surface area contributed by atoms with Crippen LogP contribution in [-0.2, 0) is 6.54 Å². The predicted octanol–water partition coefficient (Wildman–Crippen LogP) is 4.37. The van der Waals surface area contributed by atoms with Crippen molar-refractivity contribution in [1.82, 2.24) is 24.3 Å². The van der Waals surface area contributed by atoms with Crippen LogP contribution in [0.4, 0.5) is 10.5 Å².